The lowest BCUT2D eigenvalue weighted by molar-refractivity contribution is -0.0567. The van der Waals surface area contributed by atoms with Crippen LogP contribution in [0.25, 0.3) is 0 Å². The van der Waals surface area contributed by atoms with Gasteiger partial charge in [-0.2, -0.15) is 8.42 Å². The van der Waals surface area contributed by atoms with E-state index in [2.05, 4.69) is 33.9 Å². The molecule has 5 rings (SSSR count). The monoisotopic (exact) mass is 895 g/mol. The molecule has 2 aromatic rings. The lowest BCUT2D eigenvalue weighted by Gasteiger charge is -2.43. The molecule has 20 heteroatoms. The molecule has 3 aliphatic rings. The largest absolute Gasteiger partial charge is 0.414 e. The van der Waals surface area contributed by atoms with Gasteiger partial charge in [-0.3, -0.25) is 27.9 Å². The minimum atomic E-state index is -4.29. The molecule has 1 saturated heterocycles. The van der Waals surface area contributed by atoms with Crippen molar-refractivity contribution in [1.29, 1.82) is 0 Å². The van der Waals surface area contributed by atoms with Crippen LogP contribution in [0.15, 0.2) is 54.8 Å². The van der Waals surface area contributed by atoms with E-state index in [1.54, 1.807) is 26.0 Å². The standard InChI is InChI=1S/C40H65N5O12SSi2/c1-26-21-44(31-18-17-28(23-46)54-31)36(49)42(33(26)47)19-15-13-14-16-20-43-34(48)27(2)22-45(37(43)50)35-32(56-60(11,12)39(6,7)8)40(29(41)25-58(51,52)57-40)30(55-35)24-53-59(9,10)38(3,4)5/h17-18,21-22,25,28,30-32,35,46H,13-16,19-20,23-24,41H2,1-12H3. The Bertz CT molecular complexity index is 2350. The molecule has 17 nitrogen and oxygen atoms in total. The maximum atomic E-state index is 14.5. The van der Waals surface area contributed by atoms with Crippen molar-refractivity contribution in [2.75, 3.05) is 13.2 Å². The van der Waals surface area contributed by atoms with Crippen LogP contribution in [0, 0.1) is 13.8 Å². The molecule has 0 saturated carbocycles. The van der Waals surface area contributed by atoms with Gasteiger partial charge >= 0.3 is 11.4 Å². The molecule has 6 unspecified atom stereocenters. The van der Waals surface area contributed by atoms with E-state index in [-0.39, 0.29) is 47.6 Å². The number of rotatable bonds is 15. The van der Waals surface area contributed by atoms with Gasteiger partial charge in [0.05, 0.1) is 24.3 Å². The van der Waals surface area contributed by atoms with Crippen molar-refractivity contribution < 1.29 is 36.0 Å². The fourth-order valence-corrected chi connectivity index (χ4v) is 10.6. The molecule has 5 heterocycles. The predicted octanol–water partition coefficient (Wildman–Crippen LogP) is 3.87. The summed E-state index contributed by atoms with van der Waals surface area (Å²) >= 11 is 0. The van der Waals surface area contributed by atoms with Crippen molar-refractivity contribution in [3.63, 3.8) is 0 Å². The Kier molecular flexibility index (Phi) is 13.7. The molecular weight excluding hydrogens is 831 g/mol. The zero-order chi connectivity index (χ0) is 45.0. The molecule has 0 amide bonds. The second-order valence-electron chi connectivity index (χ2n) is 19.3. The number of hydrogen-bond donors (Lipinski definition) is 2. The van der Waals surface area contributed by atoms with Crippen LogP contribution in [0.3, 0.4) is 0 Å². The van der Waals surface area contributed by atoms with E-state index in [1.807, 2.05) is 33.9 Å². The second-order valence-corrected chi connectivity index (χ2v) is 30.2. The lowest BCUT2D eigenvalue weighted by atomic mass is 9.89. The van der Waals surface area contributed by atoms with E-state index in [1.165, 1.54) is 26.1 Å². The van der Waals surface area contributed by atoms with Gasteiger partial charge < -0.3 is 29.2 Å². The van der Waals surface area contributed by atoms with Crippen LogP contribution in [0.2, 0.25) is 36.3 Å². The third kappa shape index (κ3) is 9.27. The molecule has 1 fully saturated rings. The van der Waals surface area contributed by atoms with Crippen LogP contribution in [0.4, 0.5) is 0 Å². The smallest absolute Gasteiger partial charge is 0.333 e. The highest BCUT2D eigenvalue weighted by Crippen LogP contribution is 2.52. The molecule has 3 N–H and O–H groups in total. The average molecular weight is 896 g/mol. The van der Waals surface area contributed by atoms with E-state index >= 15 is 0 Å². The Morgan fingerprint density at radius 1 is 0.800 bits per heavy atom. The molecular formula is C40H65N5O12SSi2. The number of aryl methyl sites for hydroxylation is 2. The second kappa shape index (κ2) is 17.2. The summed E-state index contributed by atoms with van der Waals surface area (Å²) in [4.78, 5) is 54.3. The van der Waals surface area contributed by atoms with Crippen LogP contribution in [-0.2, 0) is 45.7 Å². The molecule has 0 aromatic carbocycles. The van der Waals surface area contributed by atoms with Crippen molar-refractivity contribution >= 4 is 26.8 Å². The number of unbranched alkanes of at least 4 members (excludes halogenated alkanes) is 3. The number of ether oxygens (including phenoxy) is 2. The molecule has 1 spiro atoms. The highest BCUT2D eigenvalue weighted by molar-refractivity contribution is 7.90. The van der Waals surface area contributed by atoms with Crippen molar-refractivity contribution in [1.82, 2.24) is 18.3 Å². The van der Waals surface area contributed by atoms with Crippen LogP contribution in [-0.4, -0.2) is 85.6 Å². The molecule has 6 atom stereocenters. The fraction of sp³-hybridized carbons (Fsp3) is 0.700. The molecule has 3 aliphatic heterocycles. The van der Waals surface area contributed by atoms with Crippen LogP contribution < -0.4 is 28.2 Å². The Morgan fingerprint density at radius 2 is 1.32 bits per heavy atom. The van der Waals surface area contributed by atoms with Gasteiger partial charge in [0.2, 0.25) is 0 Å². The van der Waals surface area contributed by atoms with Crippen LogP contribution in [0.1, 0.15) is 90.8 Å². The first-order chi connectivity index (χ1) is 27.6. The van der Waals surface area contributed by atoms with Gasteiger partial charge in [-0.15, -0.1) is 0 Å². The number of hydrogen-bond acceptors (Lipinski definition) is 13. The molecule has 0 bridgehead atoms. The first kappa shape index (κ1) is 47.8. The van der Waals surface area contributed by atoms with E-state index in [4.69, 9.17) is 28.2 Å². The lowest BCUT2D eigenvalue weighted by Crippen LogP contribution is -2.59. The summed E-state index contributed by atoms with van der Waals surface area (Å²) in [6, 6.07) is 0. The first-order valence-corrected chi connectivity index (χ1v) is 27.9. The van der Waals surface area contributed by atoms with Gasteiger partial charge in [-0.1, -0.05) is 60.5 Å². The predicted molar refractivity (Wildman–Crippen MR) is 232 cm³/mol. The van der Waals surface area contributed by atoms with Gasteiger partial charge in [-0.25, -0.2) is 13.8 Å². The number of nitrogens with two attached hydrogens (primary N) is 1. The third-order valence-corrected chi connectivity index (χ3v) is 22.9. The normalized spacial score (nSPS) is 25.8. The fourth-order valence-electron chi connectivity index (χ4n) is 7.13. The minimum Gasteiger partial charge on any atom is -0.414 e. The summed E-state index contributed by atoms with van der Waals surface area (Å²) in [6.45, 7) is 23.5. The van der Waals surface area contributed by atoms with E-state index in [9.17, 15) is 32.7 Å². The highest BCUT2D eigenvalue weighted by Gasteiger charge is 2.67. The van der Waals surface area contributed by atoms with E-state index < -0.39 is 85.6 Å². The van der Waals surface area contributed by atoms with Gasteiger partial charge in [0.25, 0.3) is 21.2 Å². The topological polar surface area (TPSA) is 215 Å². The van der Waals surface area contributed by atoms with E-state index in [0.29, 0.717) is 31.2 Å². The van der Waals surface area contributed by atoms with Crippen molar-refractivity contribution in [3.05, 3.63) is 88.5 Å². The molecule has 336 valence electrons. The highest BCUT2D eigenvalue weighted by atomic mass is 32.2. The minimum absolute atomic E-state index is 0.0599. The Labute approximate surface area is 354 Å². The van der Waals surface area contributed by atoms with E-state index in [0.717, 1.165) is 9.98 Å². The summed E-state index contributed by atoms with van der Waals surface area (Å²) in [5.74, 6) is 0. The summed E-state index contributed by atoms with van der Waals surface area (Å²) in [6.07, 6.45) is 3.38. The maximum absolute atomic E-state index is 14.5. The van der Waals surface area contributed by atoms with Gasteiger partial charge in [0.15, 0.2) is 34.7 Å². The first-order valence-electron chi connectivity index (χ1n) is 20.6. The zero-order valence-electron chi connectivity index (χ0n) is 37.1. The van der Waals surface area contributed by atoms with Gasteiger partial charge in [-0.05, 0) is 69.0 Å². The maximum Gasteiger partial charge on any atom is 0.333 e. The molecule has 2 aromatic heterocycles. The van der Waals surface area contributed by atoms with Crippen LogP contribution in [0.5, 0.6) is 0 Å². The summed E-state index contributed by atoms with van der Waals surface area (Å²) < 4.78 is 63.3. The van der Waals surface area contributed by atoms with Gasteiger partial charge in [0, 0.05) is 36.6 Å². The average Bonchev–Trinajstić information content (AvgIpc) is 3.80. The third-order valence-electron chi connectivity index (χ3n) is 12.9. The quantitative estimate of drug-likeness (QED) is 0.113. The van der Waals surface area contributed by atoms with Crippen LogP contribution >= 0.6 is 0 Å². The number of aliphatic hydroxyl groups is 1. The SMILES string of the molecule is Cc1cn(C2C=CC(CO)O2)c(=O)n(CCCCCCn2c(=O)c(C)cn(C3OC(CO[Si](C)(C)C(C)(C)C)C4(OS(=O)(=O)C=C4N)C3O[Si](C)(C)C(C)(C)C)c2=O)c1=O. The number of nitrogens with zero attached hydrogens (tertiary/aromatic N) is 4. The van der Waals surface area contributed by atoms with Crippen molar-refractivity contribution in [2.45, 2.75) is 167 Å². The Hall–Kier alpha value is -3.22. The molecule has 0 radical (unpaired) electrons. The number of aliphatic hydroxyl groups excluding tert-OH is 1. The van der Waals surface area contributed by atoms with Crippen molar-refractivity contribution in [3.8, 4) is 0 Å². The summed E-state index contributed by atoms with van der Waals surface area (Å²) in [5.41, 5.74) is 3.17. The molecule has 60 heavy (non-hydrogen) atoms. The summed E-state index contributed by atoms with van der Waals surface area (Å²) in [5, 5.41) is 9.74. The Morgan fingerprint density at radius 3 is 1.78 bits per heavy atom. The Balaban J connectivity index is 1.42. The van der Waals surface area contributed by atoms with Crippen molar-refractivity contribution in [2.24, 2.45) is 5.73 Å². The number of aromatic nitrogens is 4. The zero-order valence-corrected chi connectivity index (χ0v) is 40.0. The summed E-state index contributed by atoms with van der Waals surface area (Å²) in [7, 11) is -9.52. The molecule has 0 aliphatic carbocycles. The van der Waals surface area contributed by atoms with Gasteiger partial charge in [0.1, 0.15) is 18.3 Å².